The summed E-state index contributed by atoms with van der Waals surface area (Å²) in [5.41, 5.74) is 0. The van der Waals surface area contributed by atoms with Gasteiger partial charge in [0, 0.05) is 25.7 Å². The second kappa shape index (κ2) is 9.35. The molecule has 2 amide bonds. The molecule has 1 unspecified atom stereocenters. The zero-order valence-corrected chi connectivity index (χ0v) is 13.3. The van der Waals surface area contributed by atoms with E-state index in [-0.39, 0.29) is 24.5 Å². The van der Waals surface area contributed by atoms with E-state index in [1.165, 1.54) is 12.1 Å². The number of piperidine rings is 1. The number of hydrogen-bond acceptors (Lipinski definition) is 3. The fourth-order valence-corrected chi connectivity index (χ4v) is 2.81. The third-order valence-corrected chi connectivity index (χ3v) is 4.03. The molecule has 0 aliphatic carbocycles. The largest absolute Gasteiger partial charge is 0.494 e. The van der Waals surface area contributed by atoms with Gasteiger partial charge in [0.25, 0.3) is 0 Å². The summed E-state index contributed by atoms with van der Waals surface area (Å²) in [4.78, 5) is 14.0. The summed E-state index contributed by atoms with van der Waals surface area (Å²) in [6.45, 7) is 1.86. The van der Waals surface area contributed by atoms with Gasteiger partial charge < -0.3 is 20.1 Å². The molecule has 23 heavy (non-hydrogen) atoms. The van der Waals surface area contributed by atoms with Crippen LogP contribution in [0, 0.1) is 5.82 Å². The summed E-state index contributed by atoms with van der Waals surface area (Å²) in [5, 5.41) is 12.0. The van der Waals surface area contributed by atoms with Gasteiger partial charge in [0.05, 0.1) is 6.61 Å². The molecule has 0 spiro atoms. The zero-order valence-electron chi connectivity index (χ0n) is 13.3. The standard InChI is InChI=1S/C17H25FN2O3/c18-14-5-7-16(8-6-14)23-13-3-10-19-17(22)20-11-2-1-4-15(20)9-12-21/h5-8,15,21H,1-4,9-13H2,(H,19,22). The van der Waals surface area contributed by atoms with Crippen molar-refractivity contribution in [2.24, 2.45) is 0 Å². The highest BCUT2D eigenvalue weighted by atomic mass is 19.1. The van der Waals surface area contributed by atoms with Crippen LogP contribution < -0.4 is 10.1 Å². The molecule has 2 rings (SSSR count). The molecule has 0 saturated carbocycles. The number of benzene rings is 1. The lowest BCUT2D eigenvalue weighted by molar-refractivity contribution is 0.131. The summed E-state index contributed by atoms with van der Waals surface area (Å²) >= 11 is 0. The maximum Gasteiger partial charge on any atom is 0.317 e. The minimum atomic E-state index is -0.288. The molecule has 1 aromatic carbocycles. The van der Waals surface area contributed by atoms with E-state index in [2.05, 4.69) is 5.32 Å². The lowest BCUT2D eigenvalue weighted by atomic mass is 10.0. The smallest absolute Gasteiger partial charge is 0.317 e. The van der Waals surface area contributed by atoms with Crippen LogP contribution in [0.25, 0.3) is 0 Å². The molecule has 1 fully saturated rings. The van der Waals surface area contributed by atoms with Crippen LogP contribution in [-0.2, 0) is 0 Å². The number of halogens is 1. The van der Waals surface area contributed by atoms with Crippen molar-refractivity contribution in [2.45, 2.75) is 38.1 Å². The second-order valence-corrected chi connectivity index (χ2v) is 5.74. The van der Waals surface area contributed by atoms with E-state index in [0.29, 0.717) is 31.7 Å². The molecule has 2 N–H and O–H groups in total. The average Bonchev–Trinajstić information content (AvgIpc) is 2.57. The highest BCUT2D eigenvalue weighted by Gasteiger charge is 2.25. The third-order valence-electron chi connectivity index (χ3n) is 4.03. The Morgan fingerprint density at radius 1 is 1.35 bits per heavy atom. The van der Waals surface area contributed by atoms with Crippen molar-refractivity contribution in [3.8, 4) is 5.75 Å². The predicted molar refractivity (Wildman–Crippen MR) is 86.0 cm³/mol. The average molecular weight is 324 g/mol. The van der Waals surface area contributed by atoms with Gasteiger partial charge in [-0.25, -0.2) is 9.18 Å². The summed E-state index contributed by atoms with van der Waals surface area (Å²) in [7, 11) is 0. The van der Waals surface area contributed by atoms with Crippen LogP contribution in [0.2, 0.25) is 0 Å². The summed E-state index contributed by atoms with van der Waals surface area (Å²) in [6.07, 6.45) is 4.41. The molecule has 1 aliphatic heterocycles. The van der Waals surface area contributed by atoms with E-state index in [1.54, 1.807) is 12.1 Å². The second-order valence-electron chi connectivity index (χ2n) is 5.74. The number of aliphatic hydroxyl groups is 1. The minimum Gasteiger partial charge on any atom is -0.494 e. The Kier molecular flexibility index (Phi) is 7.13. The van der Waals surface area contributed by atoms with Crippen LogP contribution in [0.15, 0.2) is 24.3 Å². The maximum absolute atomic E-state index is 12.8. The Morgan fingerprint density at radius 2 is 2.13 bits per heavy atom. The van der Waals surface area contributed by atoms with E-state index < -0.39 is 0 Å². The van der Waals surface area contributed by atoms with Crippen molar-refractivity contribution < 1.29 is 19.0 Å². The Balaban J connectivity index is 1.64. The fourth-order valence-electron chi connectivity index (χ4n) is 2.81. The number of ether oxygens (including phenoxy) is 1. The van der Waals surface area contributed by atoms with Crippen LogP contribution in [0.1, 0.15) is 32.1 Å². The molecule has 1 aromatic rings. The molecule has 0 bridgehead atoms. The van der Waals surface area contributed by atoms with Gasteiger partial charge in [0.15, 0.2) is 0 Å². The summed E-state index contributed by atoms with van der Waals surface area (Å²) < 4.78 is 18.2. The lowest BCUT2D eigenvalue weighted by Gasteiger charge is -2.35. The molecule has 1 saturated heterocycles. The van der Waals surface area contributed by atoms with E-state index in [4.69, 9.17) is 9.84 Å². The van der Waals surface area contributed by atoms with Crippen LogP contribution in [-0.4, -0.2) is 48.4 Å². The van der Waals surface area contributed by atoms with Gasteiger partial charge >= 0.3 is 6.03 Å². The van der Waals surface area contributed by atoms with Gasteiger partial charge in [0.1, 0.15) is 11.6 Å². The first-order valence-electron chi connectivity index (χ1n) is 8.24. The van der Waals surface area contributed by atoms with E-state index in [9.17, 15) is 9.18 Å². The predicted octanol–water partition coefficient (Wildman–Crippen LogP) is 2.54. The van der Waals surface area contributed by atoms with Crippen LogP contribution >= 0.6 is 0 Å². The van der Waals surface area contributed by atoms with E-state index >= 15 is 0 Å². The number of carbonyl (C=O) groups is 1. The molecule has 0 aromatic heterocycles. The zero-order chi connectivity index (χ0) is 16.5. The Bertz CT molecular complexity index is 479. The first kappa shape index (κ1) is 17.5. The highest BCUT2D eigenvalue weighted by Crippen LogP contribution is 2.19. The molecule has 5 nitrogen and oxygen atoms in total. The van der Waals surface area contributed by atoms with Gasteiger partial charge in [0.2, 0.25) is 0 Å². The van der Waals surface area contributed by atoms with Crippen molar-refractivity contribution in [1.29, 1.82) is 0 Å². The van der Waals surface area contributed by atoms with Crippen molar-refractivity contribution in [3.63, 3.8) is 0 Å². The Labute approximate surface area is 136 Å². The van der Waals surface area contributed by atoms with Gasteiger partial charge in [-0.1, -0.05) is 0 Å². The van der Waals surface area contributed by atoms with E-state index in [1.807, 2.05) is 4.90 Å². The Hall–Kier alpha value is -1.82. The number of likely N-dealkylation sites (tertiary alicyclic amines) is 1. The molecule has 1 atom stereocenters. The number of amides is 2. The van der Waals surface area contributed by atoms with E-state index in [0.717, 1.165) is 25.8 Å². The van der Waals surface area contributed by atoms with Crippen molar-refractivity contribution in [1.82, 2.24) is 10.2 Å². The molecule has 1 heterocycles. The number of urea groups is 1. The molecule has 0 radical (unpaired) electrons. The molecule has 6 heteroatoms. The quantitative estimate of drug-likeness (QED) is 0.758. The van der Waals surface area contributed by atoms with Crippen molar-refractivity contribution >= 4 is 6.03 Å². The van der Waals surface area contributed by atoms with Gasteiger partial charge in [-0.15, -0.1) is 0 Å². The number of carbonyl (C=O) groups excluding carboxylic acids is 1. The number of nitrogens with zero attached hydrogens (tertiary/aromatic N) is 1. The molecule has 128 valence electrons. The summed E-state index contributed by atoms with van der Waals surface area (Å²) in [5.74, 6) is 0.334. The molecular weight excluding hydrogens is 299 g/mol. The lowest BCUT2D eigenvalue weighted by Crippen LogP contribution is -2.49. The molecular formula is C17H25FN2O3. The first-order valence-corrected chi connectivity index (χ1v) is 8.24. The van der Waals surface area contributed by atoms with Crippen LogP contribution in [0.5, 0.6) is 5.75 Å². The van der Waals surface area contributed by atoms with Crippen molar-refractivity contribution in [3.05, 3.63) is 30.1 Å². The minimum absolute atomic E-state index is 0.0649. The Morgan fingerprint density at radius 3 is 2.87 bits per heavy atom. The summed E-state index contributed by atoms with van der Waals surface area (Å²) in [6, 6.07) is 5.96. The maximum atomic E-state index is 12.8. The number of rotatable bonds is 7. The van der Waals surface area contributed by atoms with Crippen LogP contribution in [0.3, 0.4) is 0 Å². The fraction of sp³-hybridized carbons (Fsp3) is 0.588. The SMILES string of the molecule is O=C(NCCCOc1ccc(F)cc1)N1CCCCC1CCO. The molecule has 1 aliphatic rings. The number of hydrogen-bond donors (Lipinski definition) is 2. The van der Waals surface area contributed by atoms with Gasteiger partial charge in [-0.2, -0.15) is 0 Å². The number of aliphatic hydroxyl groups excluding tert-OH is 1. The highest BCUT2D eigenvalue weighted by molar-refractivity contribution is 5.74. The van der Waals surface area contributed by atoms with Gasteiger partial charge in [-0.3, -0.25) is 0 Å². The monoisotopic (exact) mass is 324 g/mol. The van der Waals surface area contributed by atoms with Gasteiger partial charge in [-0.05, 0) is 56.4 Å². The first-order chi connectivity index (χ1) is 11.2. The third kappa shape index (κ3) is 5.71. The normalized spacial score (nSPS) is 17.8. The van der Waals surface area contributed by atoms with Crippen molar-refractivity contribution in [2.75, 3.05) is 26.3 Å². The van der Waals surface area contributed by atoms with Crippen LogP contribution in [0.4, 0.5) is 9.18 Å². The number of nitrogens with one attached hydrogen (secondary N) is 1. The topological polar surface area (TPSA) is 61.8 Å².